The molecule has 176 valence electrons. The molecule has 5 N–H and O–H groups in total. The minimum Gasteiger partial charge on any atom is -0.479 e. The van der Waals surface area contributed by atoms with Crippen molar-refractivity contribution < 1.29 is 39.5 Å². The summed E-state index contributed by atoms with van der Waals surface area (Å²) in [5.41, 5.74) is 0.730. The van der Waals surface area contributed by atoms with Crippen LogP contribution in [0, 0.1) is 0 Å². The van der Waals surface area contributed by atoms with Gasteiger partial charge in [0.05, 0.1) is 0 Å². The number of hydrogen-bond acceptors (Lipinski definition) is 8. The second-order valence-corrected chi connectivity index (χ2v) is 7.95. The van der Waals surface area contributed by atoms with E-state index in [0.29, 0.717) is 6.54 Å². The molecule has 2 fully saturated rings. The number of nitrogens with zero attached hydrogens (tertiary/aromatic N) is 1. The number of carboxylic acid groups (broad SMARTS) is 1. The van der Waals surface area contributed by atoms with Gasteiger partial charge in [0.1, 0.15) is 24.1 Å². The molecule has 0 saturated carbocycles. The number of rotatable bonds is 9. The Morgan fingerprint density at radius 2 is 1.78 bits per heavy atom. The molecular weight excluding hydrogens is 420 g/mol. The van der Waals surface area contributed by atoms with Gasteiger partial charge in [0, 0.05) is 12.6 Å². The fourth-order valence-corrected chi connectivity index (χ4v) is 3.69. The lowest BCUT2D eigenvalue weighted by Crippen LogP contribution is -2.61. The van der Waals surface area contributed by atoms with E-state index < -0.39 is 36.7 Å². The molecule has 10 nitrogen and oxygen atoms in total. The maximum absolute atomic E-state index is 11.9. The first-order valence-electron chi connectivity index (χ1n) is 10.7. The summed E-state index contributed by atoms with van der Waals surface area (Å²) >= 11 is 0. The fourth-order valence-electron chi connectivity index (χ4n) is 3.69. The topological polar surface area (TPSA) is 149 Å². The van der Waals surface area contributed by atoms with Crippen LogP contribution >= 0.6 is 0 Å². The van der Waals surface area contributed by atoms with E-state index in [2.05, 4.69) is 10.2 Å². The maximum atomic E-state index is 11.9. The van der Waals surface area contributed by atoms with Crippen molar-refractivity contribution in [2.45, 2.75) is 50.0 Å². The van der Waals surface area contributed by atoms with E-state index in [9.17, 15) is 24.9 Å². The molecule has 5 atom stereocenters. The van der Waals surface area contributed by atoms with Gasteiger partial charge in [-0.3, -0.25) is 4.79 Å². The number of carboxylic acids is 1. The molecule has 2 heterocycles. The summed E-state index contributed by atoms with van der Waals surface area (Å²) in [6.07, 6.45) is -1.84. The molecule has 1 aromatic carbocycles. The Bertz CT molecular complexity index is 794. The van der Waals surface area contributed by atoms with E-state index in [4.69, 9.17) is 14.6 Å². The van der Waals surface area contributed by atoms with E-state index in [1.807, 2.05) is 0 Å². The number of likely N-dealkylation sites (tertiary alicyclic amines) is 1. The van der Waals surface area contributed by atoms with Crippen LogP contribution in [-0.4, -0.2) is 94.1 Å². The van der Waals surface area contributed by atoms with Gasteiger partial charge in [-0.2, -0.15) is 0 Å². The number of amides is 1. The molecule has 2 aliphatic heterocycles. The zero-order valence-corrected chi connectivity index (χ0v) is 17.7. The van der Waals surface area contributed by atoms with Crippen molar-refractivity contribution in [3.63, 3.8) is 0 Å². The third-order valence-electron chi connectivity index (χ3n) is 5.52. The summed E-state index contributed by atoms with van der Waals surface area (Å²) < 4.78 is 10.5. The first-order chi connectivity index (χ1) is 15.3. The largest absolute Gasteiger partial charge is 0.479 e. The molecule has 3 rings (SSSR count). The van der Waals surface area contributed by atoms with Gasteiger partial charge in [0.2, 0.25) is 12.2 Å². The minimum absolute atomic E-state index is 0.183. The first kappa shape index (κ1) is 24.1. The average molecular weight is 450 g/mol. The number of aliphatic hydroxyl groups is 3. The molecule has 0 radical (unpaired) electrons. The molecule has 0 aromatic heterocycles. The highest BCUT2D eigenvalue weighted by Gasteiger charge is 2.48. The van der Waals surface area contributed by atoms with Crippen LogP contribution in [0.15, 0.2) is 30.3 Å². The molecular formula is C22H30N2O8. The van der Waals surface area contributed by atoms with Gasteiger partial charge in [0.15, 0.2) is 6.10 Å². The summed E-state index contributed by atoms with van der Waals surface area (Å²) in [6.45, 7) is 3.90. The number of ether oxygens (including phenoxy) is 2. The number of benzene rings is 1. The molecule has 0 bridgehead atoms. The number of aliphatic carboxylic acids is 1. The standard InChI is InChI=1S/C22H30N2O8/c25-16(23-10-3-13-24-11-1-2-12-24)9-6-14-4-7-15(8-5-14)31-22-19(28)17(26)18(27)20(32-22)21(29)30/h4-9,17-20,22,26-28H,1-3,10-13H2,(H,23,25)(H,29,30)/b9-6+. The van der Waals surface area contributed by atoms with Gasteiger partial charge in [-0.15, -0.1) is 0 Å². The second kappa shape index (κ2) is 11.4. The lowest BCUT2D eigenvalue weighted by Gasteiger charge is -2.38. The van der Waals surface area contributed by atoms with Crippen LogP contribution in [0.2, 0.25) is 0 Å². The third-order valence-corrected chi connectivity index (χ3v) is 5.52. The molecule has 32 heavy (non-hydrogen) atoms. The van der Waals surface area contributed by atoms with Gasteiger partial charge in [-0.25, -0.2) is 4.79 Å². The van der Waals surface area contributed by atoms with Crippen molar-refractivity contribution in [3.8, 4) is 5.75 Å². The lowest BCUT2D eigenvalue weighted by molar-refractivity contribution is -0.271. The molecule has 1 aromatic rings. The van der Waals surface area contributed by atoms with E-state index >= 15 is 0 Å². The zero-order valence-electron chi connectivity index (χ0n) is 17.7. The van der Waals surface area contributed by atoms with Crippen molar-refractivity contribution in [1.29, 1.82) is 0 Å². The van der Waals surface area contributed by atoms with E-state index in [1.165, 1.54) is 18.9 Å². The van der Waals surface area contributed by atoms with Crippen molar-refractivity contribution in [3.05, 3.63) is 35.9 Å². The second-order valence-electron chi connectivity index (χ2n) is 7.95. The predicted octanol–water partition coefficient (Wildman–Crippen LogP) is -0.427. The van der Waals surface area contributed by atoms with E-state index in [1.54, 1.807) is 30.3 Å². The highest BCUT2D eigenvalue weighted by atomic mass is 16.7. The third kappa shape index (κ3) is 6.50. The Kier molecular flexibility index (Phi) is 8.60. The highest BCUT2D eigenvalue weighted by molar-refractivity contribution is 5.91. The Hall–Kier alpha value is -2.50. The normalized spacial score (nSPS) is 28.7. The summed E-state index contributed by atoms with van der Waals surface area (Å²) in [5, 5.41) is 41.5. The Morgan fingerprint density at radius 3 is 2.44 bits per heavy atom. The van der Waals surface area contributed by atoms with E-state index in [0.717, 1.165) is 31.6 Å². The van der Waals surface area contributed by atoms with Gasteiger partial charge < -0.3 is 40.1 Å². The quantitative estimate of drug-likeness (QED) is 0.250. The highest BCUT2D eigenvalue weighted by Crippen LogP contribution is 2.25. The smallest absolute Gasteiger partial charge is 0.335 e. The Morgan fingerprint density at radius 1 is 1.09 bits per heavy atom. The van der Waals surface area contributed by atoms with Crippen LogP contribution in [0.3, 0.4) is 0 Å². The SMILES string of the molecule is O=C(/C=C/c1ccc(OC2OC(C(=O)O)C(O)C(O)C2O)cc1)NCCCN1CCCC1. The van der Waals surface area contributed by atoms with Crippen molar-refractivity contribution in [1.82, 2.24) is 10.2 Å². The molecule has 2 aliphatic rings. The molecule has 10 heteroatoms. The van der Waals surface area contributed by atoms with Crippen LogP contribution in [-0.2, 0) is 14.3 Å². The van der Waals surface area contributed by atoms with Crippen molar-refractivity contribution >= 4 is 18.0 Å². The van der Waals surface area contributed by atoms with Crippen LogP contribution in [0.4, 0.5) is 0 Å². The molecule has 0 spiro atoms. The minimum atomic E-state index is -1.78. The summed E-state index contributed by atoms with van der Waals surface area (Å²) in [5.74, 6) is -1.41. The van der Waals surface area contributed by atoms with Gasteiger partial charge >= 0.3 is 5.97 Å². The van der Waals surface area contributed by atoms with Crippen LogP contribution < -0.4 is 10.1 Å². The van der Waals surface area contributed by atoms with Gasteiger partial charge in [-0.05, 0) is 62.7 Å². The zero-order chi connectivity index (χ0) is 23.1. The predicted molar refractivity (Wildman–Crippen MR) is 114 cm³/mol. The average Bonchev–Trinajstić information content (AvgIpc) is 3.30. The Balaban J connectivity index is 1.45. The van der Waals surface area contributed by atoms with Crippen LogP contribution in [0.1, 0.15) is 24.8 Å². The van der Waals surface area contributed by atoms with Crippen LogP contribution in [0.25, 0.3) is 6.08 Å². The van der Waals surface area contributed by atoms with E-state index in [-0.39, 0.29) is 11.7 Å². The van der Waals surface area contributed by atoms with Crippen molar-refractivity contribution in [2.75, 3.05) is 26.2 Å². The van der Waals surface area contributed by atoms with Crippen molar-refractivity contribution in [2.24, 2.45) is 0 Å². The lowest BCUT2D eigenvalue weighted by atomic mass is 9.99. The number of carbonyl (C=O) groups excluding carboxylic acids is 1. The molecule has 0 aliphatic carbocycles. The number of hydrogen-bond donors (Lipinski definition) is 5. The maximum Gasteiger partial charge on any atom is 0.335 e. The summed E-state index contributed by atoms with van der Waals surface area (Å²) in [6, 6.07) is 6.44. The molecule has 2 saturated heterocycles. The molecule has 5 unspecified atom stereocenters. The monoisotopic (exact) mass is 450 g/mol. The number of nitrogens with one attached hydrogen (secondary N) is 1. The number of aliphatic hydroxyl groups excluding tert-OH is 3. The fraction of sp³-hybridized carbons (Fsp3) is 0.545. The number of carbonyl (C=O) groups is 2. The Labute approximate surface area is 186 Å². The summed E-state index contributed by atoms with van der Waals surface area (Å²) in [7, 11) is 0. The van der Waals surface area contributed by atoms with Gasteiger partial charge in [-0.1, -0.05) is 12.1 Å². The first-order valence-corrected chi connectivity index (χ1v) is 10.7. The molecule has 1 amide bonds. The van der Waals surface area contributed by atoms with Crippen LogP contribution in [0.5, 0.6) is 5.75 Å². The van der Waals surface area contributed by atoms with Gasteiger partial charge in [0.25, 0.3) is 0 Å². The summed E-state index contributed by atoms with van der Waals surface area (Å²) in [4.78, 5) is 25.5.